The lowest BCUT2D eigenvalue weighted by Gasteiger charge is -2.37. The molecule has 1 heterocycles. The number of fused-ring (bicyclic) bond motifs is 1. The fourth-order valence-electron chi connectivity index (χ4n) is 4.07. The Bertz CT molecular complexity index is 818. The molecule has 27 heavy (non-hydrogen) atoms. The van der Waals surface area contributed by atoms with E-state index in [4.69, 9.17) is 14.2 Å². The van der Waals surface area contributed by atoms with E-state index in [0.29, 0.717) is 17.2 Å². The van der Waals surface area contributed by atoms with Crippen molar-refractivity contribution in [2.45, 2.75) is 32.7 Å². The van der Waals surface area contributed by atoms with E-state index in [1.54, 1.807) is 21.3 Å². The molecule has 1 unspecified atom stereocenters. The maximum atomic E-state index is 11.0. The Kier molecular flexibility index (Phi) is 5.80. The molecule has 0 fully saturated rings. The molecule has 0 bridgehead atoms. The highest BCUT2D eigenvalue weighted by Crippen LogP contribution is 2.49. The van der Waals surface area contributed by atoms with Crippen LogP contribution >= 0.6 is 0 Å². The van der Waals surface area contributed by atoms with Crippen LogP contribution in [0.3, 0.4) is 0 Å². The molecule has 1 aliphatic heterocycles. The lowest BCUT2D eigenvalue weighted by molar-refractivity contribution is 0.198. The number of nitrogens with zero attached hydrogens (tertiary/aromatic N) is 1. The summed E-state index contributed by atoms with van der Waals surface area (Å²) in [5, 5.41) is 11.0. The smallest absolute Gasteiger partial charge is 0.166 e. The molecule has 146 valence electrons. The van der Waals surface area contributed by atoms with E-state index < -0.39 is 0 Å². The van der Waals surface area contributed by atoms with Crippen LogP contribution in [-0.4, -0.2) is 44.4 Å². The minimum Gasteiger partial charge on any atom is -0.504 e. The Balaban J connectivity index is 2.26. The van der Waals surface area contributed by atoms with Crippen molar-refractivity contribution in [2.24, 2.45) is 0 Å². The van der Waals surface area contributed by atoms with E-state index in [1.807, 2.05) is 24.3 Å². The Morgan fingerprint density at radius 1 is 1.07 bits per heavy atom. The number of phenols is 1. The number of rotatable bonds is 6. The van der Waals surface area contributed by atoms with E-state index in [-0.39, 0.29) is 11.8 Å². The Labute approximate surface area is 161 Å². The highest BCUT2D eigenvalue weighted by molar-refractivity contribution is 5.83. The predicted octanol–water partition coefficient (Wildman–Crippen LogP) is 4.41. The molecular formula is C22H29NO4. The van der Waals surface area contributed by atoms with Crippen LogP contribution in [0.4, 0.5) is 0 Å². The van der Waals surface area contributed by atoms with Gasteiger partial charge in [-0.15, -0.1) is 0 Å². The summed E-state index contributed by atoms with van der Waals surface area (Å²) >= 11 is 0. The largest absolute Gasteiger partial charge is 0.504 e. The number of aromatic hydroxyl groups is 1. The van der Waals surface area contributed by atoms with Crippen molar-refractivity contribution in [3.8, 4) is 34.1 Å². The molecule has 0 aliphatic carbocycles. The third kappa shape index (κ3) is 3.44. The van der Waals surface area contributed by atoms with E-state index in [1.165, 1.54) is 5.56 Å². The Morgan fingerprint density at radius 2 is 1.81 bits per heavy atom. The zero-order valence-corrected chi connectivity index (χ0v) is 16.8. The van der Waals surface area contributed by atoms with E-state index in [2.05, 4.69) is 18.7 Å². The molecule has 0 saturated carbocycles. The lowest BCUT2D eigenvalue weighted by Crippen LogP contribution is -2.35. The molecule has 1 aliphatic rings. The third-order valence-corrected chi connectivity index (χ3v) is 5.43. The van der Waals surface area contributed by atoms with Gasteiger partial charge in [-0.25, -0.2) is 0 Å². The first-order valence-electron chi connectivity index (χ1n) is 9.44. The molecule has 1 N–H and O–H groups in total. The zero-order chi connectivity index (χ0) is 19.6. The maximum Gasteiger partial charge on any atom is 0.166 e. The van der Waals surface area contributed by atoms with E-state index in [0.717, 1.165) is 42.6 Å². The van der Waals surface area contributed by atoms with Gasteiger partial charge in [0.25, 0.3) is 0 Å². The van der Waals surface area contributed by atoms with Gasteiger partial charge in [0.1, 0.15) is 11.5 Å². The summed E-state index contributed by atoms with van der Waals surface area (Å²) < 4.78 is 16.4. The first-order chi connectivity index (χ1) is 13.0. The van der Waals surface area contributed by atoms with Gasteiger partial charge >= 0.3 is 0 Å². The van der Waals surface area contributed by atoms with Gasteiger partial charge in [0.15, 0.2) is 11.5 Å². The van der Waals surface area contributed by atoms with Crippen molar-refractivity contribution in [1.29, 1.82) is 0 Å². The molecule has 0 aromatic heterocycles. The topological polar surface area (TPSA) is 51.2 Å². The number of methoxy groups -OCH3 is 3. The number of hydrogen-bond acceptors (Lipinski definition) is 5. The third-order valence-electron chi connectivity index (χ3n) is 5.43. The average Bonchev–Trinajstić information content (AvgIpc) is 2.69. The van der Waals surface area contributed by atoms with Gasteiger partial charge in [0, 0.05) is 29.8 Å². The number of hydrogen-bond donors (Lipinski definition) is 1. The second-order valence-corrected chi connectivity index (χ2v) is 6.90. The fraction of sp³-hybridized carbons (Fsp3) is 0.455. The van der Waals surface area contributed by atoms with Crippen LogP contribution in [0, 0.1) is 0 Å². The van der Waals surface area contributed by atoms with Crippen molar-refractivity contribution < 1.29 is 19.3 Å². The molecule has 0 radical (unpaired) electrons. The highest BCUT2D eigenvalue weighted by atomic mass is 16.5. The van der Waals surface area contributed by atoms with Crippen LogP contribution in [0.2, 0.25) is 0 Å². The van der Waals surface area contributed by atoms with E-state index >= 15 is 0 Å². The van der Waals surface area contributed by atoms with Crippen LogP contribution in [0.1, 0.15) is 37.4 Å². The summed E-state index contributed by atoms with van der Waals surface area (Å²) in [6.45, 7) is 6.45. The number of ether oxygens (including phenoxy) is 3. The molecular weight excluding hydrogens is 342 g/mol. The van der Waals surface area contributed by atoms with Gasteiger partial charge in [-0.3, -0.25) is 4.90 Å². The van der Waals surface area contributed by atoms with Crippen LogP contribution in [0.5, 0.6) is 23.0 Å². The van der Waals surface area contributed by atoms with Crippen LogP contribution in [-0.2, 0) is 6.42 Å². The zero-order valence-electron chi connectivity index (χ0n) is 16.8. The normalized spacial score (nSPS) is 16.7. The maximum absolute atomic E-state index is 11.0. The van der Waals surface area contributed by atoms with Crippen molar-refractivity contribution >= 4 is 0 Å². The van der Waals surface area contributed by atoms with Crippen LogP contribution in [0.25, 0.3) is 11.1 Å². The second-order valence-electron chi connectivity index (χ2n) is 6.90. The monoisotopic (exact) mass is 371 g/mol. The minimum atomic E-state index is 0.157. The molecule has 0 spiro atoms. The SMILES string of the molecule is CCCN1CCc2cc(OC)c(O)c(-c3ccc(OC)cc3OC)c2C1C. The molecule has 0 amide bonds. The van der Waals surface area contributed by atoms with Crippen molar-refractivity contribution in [3.63, 3.8) is 0 Å². The Morgan fingerprint density at radius 3 is 2.44 bits per heavy atom. The number of benzene rings is 2. The summed E-state index contributed by atoms with van der Waals surface area (Å²) in [5.41, 5.74) is 4.00. The fourth-order valence-corrected chi connectivity index (χ4v) is 4.07. The van der Waals surface area contributed by atoms with Crippen LogP contribution in [0.15, 0.2) is 24.3 Å². The van der Waals surface area contributed by atoms with Gasteiger partial charge < -0.3 is 19.3 Å². The summed E-state index contributed by atoms with van der Waals surface area (Å²) in [5.74, 6) is 2.04. The number of phenolic OH excluding ortho intramolecular Hbond substituents is 1. The second kappa shape index (κ2) is 8.09. The average molecular weight is 371 g/mol. The summed E-state index contributed by atoms with van der Waals surface area (Å²) in [6, 6.07) is 7.85. The molecule has 2 aromatic carbocycles. The summed E-state index contributed by atoms with van der Waals surface area (Å²) in [4.78, 5) is 2.47. The van der Waals surface area contributed by atoms with Gasteiger partial charge in [-0.1, -0.05) is 6.92 Å². The Hall–Kier alpha value is -2.40. The molecule has 3 rings (SSSR count). The molecule has 1 atom stereocenters. The van der Waals surface area contributed by atoms with Gasteiger partial charge in [0.05, 0.1) is 21.3 Å². The molecule has 2 aromatic rings. The van der Waals surface area contributed by atoms with Crippen molar-refractivity contribution in [1.82, 2.24) is 4.90 Å². The lowest BCUT2D eigenvalue weighted by atomic mass is 9.85. The molecule has 5 heteroatoms. The minimum absolute atomic E-state index is 0.157. The molecule has 0 saturated heterocycles. The first-order valence-corrected chi connectivity index (χ1v) is 9.44. The summed E-state index contributed by atoms with van der Waals surface area (Å²) in [7, 11) is 4.85. The van der Waals surface area contributed by atoms with Gasteiger partial charge in [-0.05, 0) is 55.6 Å². The highest BCUT2D eigenvalue weighted by Gasteiger charge is 2.31. The quantitative estimate of drug-likeness (QED) is 0.815. The van der Waals surface area contributed by atoms with Gasteiger partial charge in [-0.2, -0.15) is 0 Å². The standard InChI is InChI=1S/C22H29NO4/c1-6-10-23-11-9-15-12-19(27-5)22(24)21(20(15)14(23)2)17-8-7-16(25-3)13-18(17)26-4/h7-8,12-14,24H,6,9-11H2,1-5H3. The van der Waals surface area contributed by atoms with E-state index in [9.17, 15) is 5.11 Å². The first kappa shape index (κ1) is 19.4. The van der Waals surface area contributed by atoms with Gasteiger partial charge in [0.2, 0.25) is 0 Å². The summed E-state index contributed by atoms with van der Waals surface area (Å²) in [6.07, 6.45) is 2.03. The van der Waals surface area contributed by atoms with Crippen LogP contribution < -0.4 is 14.2 Å². The molecule has 5 nitrogen and oxygen atoms in total. The van der Waals surface area contributed by atoms with Crippen molar-refractivity contribution in [2.75, 3.05) is 34.4 Å². The van der Waals surface area contributed by atoms with Crippen molar-refractivity contribution in [3.05, 3.63) is 35.4 Å². The predicted molar refractivity (Wildman–Crippen MR) is 107 cm³/mol.